The summed E-state index contributed by atoms with van der Waals surface area (Å²) in [6, 6.07) is 7.10. The highest BCUT2D eigenvalue weighted by Crippen LogP contribution is 2.43. The fraction of sp³-hybridized carbons (Fsp3) is 0.458. The van der Waals surface area contributed by atoms with Gasteiger partial charge in [-0.25, -0.2) is 4.39 Å². The van der Waals surface area contributed by atoms with E-state index in [4.69, 9.17) is 17.3 Å². The zero-order chi connectivity index (χ0) is 21.5. The Morgan fingerprint density at radius 3 is 2.52 bits per heavy atom. The van der Waals surface area contributed by atoms with Gasteiger partial charge in [-0.15, -0.1) is 0 Å². The maximum atomic E-state index is 13.6. The molecule has 0 radical (unpaired) electrons. The number of nitrogens with two attached hydrogens (primary N) is 1. The second-order valence-electron chi connectivity index (χ2n) is 9.20. The first-order chi connectivity index (χ1) is 13.5. The van der Waals surface area contributed by atoms with Gasteiger partial charge in [-0.1, -0.05) is 38.4 Å². The quantitative estimate of drug-likeness (QED) is 0.701. The van der Waals surface area contributed by atoms with E-state index in [0.717, 1.165) is 52.9 Å². The molecule has 1 amide bonds. The number of benzene rings is 2. The molecule has 0 spiro atoms. The zero-order valence-corrected chi connectivity index (χ0v) is 18.7. The van der Waals surface area contributed by atoms with E-state index in [-0.39, 0.29) is 17.1 Å². The van der Waals surface area contributed by atoms with Gasteiger partial charge in [-0.2, -0.15) is 0 Å². The van der Waals surface area contributed by atoms with Gasteiger partial charge in [-0.05, 0) is 78.1 Å². The van der Waals surface area contributed by atoms with Crippen molar-refractivity contribution in [3.05, 3.63) is 62.9 Å². The average molecular weight is 417 g/mol. The van der Waals surface area contributed by atoms with E-state index < -0.39 is 5.92 Å². The summed E-state index contributed by atoms with van der Waals surface area (Å²) in [4.78, 5) is 14.6. The third kappa shape index (κ3) is 4.28. The van der Waals surface area contributed by atoms with Crippen LogP contribution < -0.4 is 10.6 Å². The van der Waals surface area contributed by atoms with Gasteiger partial charge in [0.05, 0.1) is 16.6 Å². The summed E-state index contributed by atoms with van der Waals surface area (Å²) >= 11 is 6.85. The molecular formula is C24H30ClFN2O. The molecule has 1 atom stereocenters. The molecule has 1 aliphatic rings. The predicted molar refractivity (Wildman–Crippen MR) is 118 cm³/mol. The molecule has 5 heteroatoms. The van der Waals surface area contributed by atoms with Gasteiger partial charge in [0.25, 0.3) is 0 Å². The van der Waals surface area contributed by atoms with Crippen molar-refractivity contribution in [1.82, 2.24) is 0 Å². The second kappa shape index (κ2) is 7.98. The molecule has 2 N–H and O–H groups in total. The molecule has 29 heavy (non-hydrogen) atoms. The average Bonchev–Trinajstić information content (AvgIpc) is 2.82. The number of carbonyl (C=O) groups is 1. The molecule has 1 heterocycles. The van der Waals surface area contributed by atoms with Gasteiger partial charge in [-0.3, -0.25) is 4.79 Å². The van der Waals surface area contributed by atoms with Crippen LogP contribution in [0, 0.1) is 25.1 Å². The molecule has 0 bridgehead atoms. The van der Waals surface area contributed by atoms with Gasteiger partial charge in [0.2, 0.25) is 5.91 Å². The summed E-state index contributed by atoms with van der Waals surface area (Å²) in [5, 5.41) is 0.659. The van der Waals surface area contributed by atoms with Crippen LogP contribution in [0.2, 0.25) is 5.02 Å². The Morgan fingerprint density at radius 1 is 1.21 bits per heavy atom. The maximum Gasteiger partial charge on any atom is 0.225 e. The first-order valence-corrected chi connectivity index (χ1v) is 10.5. The number of fused-ring (bicyclic) bond motifs is 1. The highest BCUT2D eigenvalue weighted by molar-refractivity contribution is 6.34. The zero-order valence-electron chi connectivity index (χ0n) is 17.9. The molecular weight excluding hydrogens is 387 g/mol. The van der Waals surface area contributed by atoms with Gasteiger partial charge < -0.3 is 10.6 Å². The minimum absolute atomic E-state index is 0.189. The Morgan fingerprint density at radius 2 is 1.90 bits per heavy atom. The Balaban J connectivity index is 2.06. The first kappa shape index (κ1) is 21.6. The molecule has 0 saturated heterocycles. The molecule has 156 valence electrons. The third-order valence-corrected chi connectivity index (χ3v) is 6.40. The standard InChI is InChI=1S/C24H30ClFN2O/c1-14-11-19(22(25)15(2)20(14)21(23(27)29)24(3,4)5)28-10-6-7-16-12-18(26)9-8-17(16)13-28/h8-9,11-12,21H,6-7,10,13H2,1-5H3,(H2,27,29). The van der Waals surface area contributed by atoms with Crippen LogP contribution in [0.1, 0.15) is 60.9 Å². The number of hydrogen-bond acceptors (Lipinski definition) is 2. The lowest BCUT2D eigenvalue weighted by Crippen LogP contribution is -2.33. The van der Waals surface area contributed by atoms with Crippen molar-refractivity contribution in [2.75, 3.05) is 11.4 Å². The largest absolute Gasteiger partial charge is 0.369 e. The lowest BCUT2D eigenvalue weighted by Gasteiger charge is -2.33. The van der Waals surface area contributed by atoms with Crippen LogP contribution >= 0.6 is 11.6 Å². The minimum atomic E-state index is -0.415. The Bertz CT molecular complexity index is 949. The molecule has 0 aliphatic carbocycles. The van der Waals surface area contributed by atoms with Crippen LogP contribution in [-0.2, 0) is 17.8 Å². The van der Waals surface area contributed by atoms with Crippen LogP contribution in [0.15, 0.2) is 24.3 Å². The van der Waals surface area contributed by atoms with Gasteiger partial charge in [0.1, 0.15) is 5.82 Å². The van der Waals surface area contributed by atoms with Crippen molar-refractivity contribution in [2.24, 2.45) is 11.1 Å². The lowest BCUT2D eigenvalue weighted by molar-refractivity contribution is -0.121. The molecule has 0 saturated carbocycles. The highest BCUT2D eigenvalue weighted by atomic mass is 35.5. The van der Waals surface area contributed by atoms with E-state index in [1.165, 1.54) is 6.07 Å². The number of hydrogen-bond donors (Lipinski definition) is 1. The molecule has 1 unspecified atom stereocenters. The van der Waals surface area contributed by atoms with Crippen molar-refractivity contribution in [1.29, 1.82) is 0 Å². The number of carbonyl (C=O) groups excluding carboxylic acids is 1. The fourth-order valence-electron chi connectivity index (χ4n) is 4.56. The van der Waals surface area contributed by atoms with Gasteiger partial charge in [0.15, 0.2) is 0 Å². The summed E-state index contributed by atoms with van der Waals surface area (Å²) < 4.78 is 13.6. The van der Waals surface area contributed by atoms with Crippen LogP contribution in [0.5, 0.6) is 0 Å². The van der Waals surface area contributed by atoms with E-state index in [1.54, 1.807) is 6.07 Å². The highest BCUT2D eigenvalue weighted by Gasteiger charge is 2.34. The van der Waals surface area contributed by atoms with Gasteiger partial charge in [0, 0.05) is 13.1 Å². The number of nitrogens with zero attached hydrogens (tertiary/aromatic N) is 1. The van der Waals surface area contributed by atoms with Crippen molar-refractivity contribution < 1.29 is 9.18 Å². The summed E-state index contributed by atoms with van der Waals surface area (Å²) in [5.41, 5.74) is 11.5. The second-order valence-corrected chi connectivity index (χ2v) is 9.58. The predicted octanol–water partition coefficient (Wildman–Crippen LogP) is 5.66. The number of rotatable bonds is 3. The van der Waals surface area contributed by atoms with E-state index in [1.807, 2.05) is 40.7 Å². The summed E-state index contributed by atoms with van der Waals surface area (Å²) in [5.74, 6) is -0.939. The lowest BCUT2D eigenvalue weighted by atomic mass is 9.73. The van der Waals surface area contributed by atoms with Gasteiger partial charge >= 0.3 is 0 Å². The van der Waals surface area contributed by atoms with Crippen molar-refractivity contribution >= 4 is 23.2 Å². The number of amides is 1. The number of aryl methyl sites for hydroxylation is 2. The van der Waals surface area contributed by atoms with Crippen LogP contribution in [-0.4, -0.2) is 12.5 Å². The molecule has 0 fully saturated rings. The molecule has 1 aliphatic heterocycles. The van der Waals surface area contributed by atoms with Crippen molar-refractivity contribution in [3.63, 3.8) is 0 Å². The van der Waals surface area contributed by atoms with Crippen LogP contribution in [0.25, 0.3) is 0 Å². The van der Waals surface area contributed by atoms with E-state index in [2.05, 4.69) is 11.0 Å². The Kier molecular flexibility index (Phi) is 5.96. The van der Waals surface area contributed by atoms with E-state index in [9.17, 15) is 9.18 Å². The fourth-order valence-corrected chi connectivity index (χ4v) is 4.84. The van der Waals surface area contributed by atoms with Crippen molar-refractivity contribution in [2.45, 2.75) is 59.9 Å². The Hall–Kier alpha value is -2.07. The number of halogens is 2. The van der Waals surface area contributed by atoms with E-state index >= 15 is 0 Å². The minimum Gasteiger partial charge on any atom is -0.369 e. The summed E-state index contributed by atoms with van der Waals surface area (Å²) in [7, 11) is 0. The smallest absolute Gasteiger partial charge is 0.225 e. The Labute approximate surface area is 178 Å². The molecule has 0 aromatic heterocycles. The maximum absolute atomic E-state index is 13.6. The summed E-state index contributed by atoms with van der Waals surface area (Å²) in [6.07, 6.45) is 1.78. The van der Waals surface area contributed by atoms with Crippen LogP contribution in [0.3, 0.4) is 0 Å². The monoisotopic (exact) mass is 416 g/mol. The summed E-state index contributed by atoms with van der Waals surface area (Å²) in [6.45, 7) is 11.6. The first-order valence-electron chi connectivity index (χ1n) is 10.1. The number of primary amides is 1. The molecule has 3 rings (SSSR count). The molecule has 2 aromatic carbocycles. The number of anilines is 1. The topological polar surface area (TPSA) is 46.3 Å². The van der Waals surface area contributed by atoms with Crippen molar-refractivity contribution in [3.8, 4) is 0 Å². The molecule has 3 nitrogen and oxygen atoms in total. The third-order valence-electron chi connectivity index (χ3n) is 5.92. The van der Waals surface area contributed by atoms with E-state index in [0.29, 0.717) is 11.6 Å². The molecule has 2 aromatic rings. The normalized spacial score (nSPS) is 15.6. The SMILES string of the molecule is Cc1cc(N2CCCc3cc(F)ccc3C2)c(Cl)c(C)c1C(C(N)=O)C(C)(C)C. The van der Waals surface area contributed by atoms with Crippen LogP contribution in [0.4, 0.5) is 10.1 Å².